The zero-order chi connectivity index (χ0) is 18.7. The van der Waals surface area contributed by atoms with Gasteiger partial charge in [-0.25, -0.2) is 4.39 Å². The molecule has 0 spiro atoms. The molecular formula is C19H23FN4O2. The molecule has 0 unspecified atom stereocenters. The summed E-state index contributed by atoms with van der Waals surface area (Å²) in [6, 6.07) is 8.03. The maximum absolute atomic E-state index is 13.4. The Labute approximate surface area is 152 Å². The molecule has 0 bridgehead atoms. The number of nitrogens with zero attached hydrogens (tertiary/aromatic N) is 4. The zero-order valence-electron chi connectivity index (χ0n) is 15.1. The van der Waals surface area contributed by atoms with Gasteiger partial charge in [0.25, 0.3) is 5.91 Å². The molecular weight excluding hydrogens is 335 g/mol. The van der Waals surface area contributed by atoms with Gasteiger partial charge in [0.05, 0.1) is 5.69 Å². The SMILES string of the molecule is CCn1nc(C)cc1C(=O)N1CCC(=O)N(Cc2cccc(F)c2)CC1. The Morgan fingerprint density at radius 1 is 1.23 bits per heavy atom. The molecule has 1 fully saturated rings. The second-order valence-corrected chi connectivity index (χ2v) is 6.47. The molecule has 2 amide bonds. The smallest absolute Gasteiger partial charge is 0.272 e. The Hall–Kier alpha value is -2.70. The van der Waals surface area contributed by atoms with Crippen molar-refractivity contribution in [3.8, 4) is 0 Å². The van der Waals surface area contributed by atoms with Gasteiger partial charge in [-0.15, -0.1) is 0 Å². The summed E-state index contributed by atoms with van der Waals surface area (Å²) >= 11 is 0. The number of aromatic nitrogens is 2. The fourth-order valence-corrected chi connectivity index (χ4v) is 3.21. The van der Waals surface area contributed by atoms with Crippen LogP contribution in [-0.2, 0) is 17.9 Å². The van der Waals surface area contributed by atoms with E-state index in [9.17, 15) is 14.0 Å². The Morgan fingerprint density at radius 3 is 2.77 bits per heavy atom. The Bertz CT molecular complexity index is 818. The predicted octanol–water partition coefficient (Wildman–Crippen LogP) is 2.23. The highest BCUT2D eigenvalue weighted by Crippen LogP contribution is 2.14. The Morgan fingerprint density at radius 2 is 2.04 bits per heavy atom. The van der Waals surface area contributed by atoms with Crippen LogP contribution in [-0.4, -0.2) is 51.0 Å². The van der Waals surface area contributed by atoms with Crippen LogP contribution in [0.2, 0.25) is 0 Å². The number of halogens is 1. The van der Waals surface area contributed by atoms with Gasteiger partial charge in [-0.1, -0.05) is 12.1 Å². The molecule has 138 valence electrons. The molecule has 1 aromatic carbocycles. The molecule has 1 saturated heterocycles. The van der Waals surface area contributed by atoms with E-state index in [1.807, 2.05) is 13.8 Å². The van der Waals surface area contributed by atoms with Crippen LogP contribution in [0, 0.1) is 12.7 Å². The molecule has 0 radical (unpaired) electrons. The minimum Gasteiger partial charge on any atom is -0.337 e. The van der Waals surface area contributed by atoms with E-state index in [1.165, 1.54) is 12.1 Å². The minimum atomic E-state index is -0.315. The van der Waals surface area contributed by atoms with E-state index in [0.29, 0.717) is 38.4 Å². The molecule has 0 N–H and O–H groups in total. The first-order valence-corrected chi connectivity index (χ1v) is 8.84. The van der Waals surface area contributed by atoms with Crippen LogP contribution in [0.4, 0.5) is 4.39 Å². The van der Waals surface area contributed by atoms with E-state index in [4.69, 9.17) is 0 Å². The maximum Gasteiger partial charge on any atom is 0.272 e. The lowest BCUT2D eigenvalue weighted by Gasteiger charge is -2.22. The van der Waals surface area contributed by atoms with Gasteiger partial charge in [-0.2, -0.15) is 5.10 Å². The Balaban J connectivity index is 1.70. The van der Waals surface area contributed by atoms with E-state index < -0.39 is 0 Å². The summed E-state index contributed by atoms with van der Waals surface area (Å²) in [5.41, 5.74) is 2.10. The van der Waals surface area contributed by atoms with Crippen LogP contribution in [0.5, 0.6) is 0 Å². The monoisotopic (exact) mass is 358 g/mol. The van der Waals surface area contributed by atoms with E-state index in [0.717, 1.165) is 11.3 Å². The second-order valence-electron chi connectivity index (χ2n) is 6.47. The number of aryl methyl sites for hydroxylation is 2. The van der Waals surface area contributed by atoms with Crippen molar-refractivity contribution in [2.24, 2.45) is 0 Å². The summed E-state index contributed by atoms with van der Waals surface area (Å²) in [5.74, 6) is -0.442. The lowest BCUT2D eigenvalue weighted by Crippen LogP contribution is -2.36. The van der Waals surface area contributed by atoms with Crippen LogP contribution in [0.25, 0.3) is 0 Å². The van der Waals surface area contributed by atoms with Crippen LogP contribution in [0.15, 0.2) is 30.3 Å². The third-order valence-electron chi connectivity index (χ3n) is 4.56. The average Bonchev–Trinajstić information content (AvgIpc) is 2.91. The third-order valence-corrected chi connectivity index (χ3v) is 4.56. The number of hydrogen-bond acceptors (Lipinski definition) is 3. The van der Waals surface area contributed by atoms with Crippen molar-refractivity contribution in [2.45, 2.75) is 33.4 Å². The highest BCUT2D eigenvalue weighted by Gasteiger charge is 2.26. The van der Waals surface area contributed by atoms with Gasteiger partial charge in [0.1, 0.15) is 11.5 Å². The molecule has 26 heavy (non-hydrogen) atoms. The fourth-order valence-electron chi connectivity index (χ4n) is 3.21. The summed E-state index contributed by atoms with van der Waals surface area (Å²) in [6.07, 6.45) is 0.264. The molecule has 1 aliphatic rings. The molecule has 7 heteroatoms. The molecule has 1 aliphatic heterocycles. The molecule has 0 atom stereocenters. The fraction of sp³-hybridized carbons (Fsp3) is 0.421. The summed E-state index contributed by atoms with van der Waals surface area (Å²) in [4.78, 5) is 28.6. The van der Waals surface area contributed by atoms with Crippen LogP contribution >= 0.6 is 0 Å². The lowest BCUT2D eigenvalue weighted by molar-refractivity contribution is -0.130. The van der Waals surface area contributed by atoms with E-state index in [-0.39, 0.29) is 24.1 Å². The van der Waals surface area contributed by atoms with Crippen molar-refractivity contribution in [3.05, 3.63) is 53.1 Å². The molecule has 2 heterocycles. The van der Waals surface area contributed by atoms with E-state index in [2.05, 4.69) is 5.10 Å². The van der Waals surface area contributed by atoms with Crippen molar-refractivity contribution in [3.63, 3.8) is 0 Å². The Kier molecular flexibility index (Phi) is 5.35. The number of rotatable bonds is 4. The molecule has 2 aromatic rings. The quantitative estimate of drug-likeness (QED) is 0.842. The van der Waals surface area contributed by atoms with E-state index >= 15 is 0 Å². The van der Waals surface area contributed by atoms with Gasteiger partial charge in [0.15, 0.2) is 0 Å². The van der Waals surface area contributed by atoms with Gasteiger partial charge in [0, 0.05) is 39.1 Å². The number of amides is 2. The van der Waals surface area contributed by atoms with Gasteiger partial charge in [0.2, 0.25) is 5.91 Å². The molecule has 1 aromatic heterocycles. The third kappa shape index (κ3) is 3.92. The van der Waals surface area contributed by atoms with Crippen LogP contribution in [0.1, 0.15) is 35.1 Å². The first kappa shape index (κ1) is 18.1. The van der Waals surface area contributed by atoms with Gasteiger partial charge >= 0.3 is 0 Å². The first-order chi connectivity index (χ1) is 12.5. The van der Waals surface area contributed by atoms with Gasteiger partial charge in [-0.3, -0.25) is 14.3 Å². The first-order valence-electron chi connectivity index (χ1n) is 8.84. The number of carbonyl (C=O) groups is 2. The molecule has 3 rings (SSSR count). The van der Waals surface area contributed by atoms with Crippen molar-refractivity contribution in [1.82, 2.24) is 19.6 Å². The molecule has 6 nitrogen and oxygen atoms in total. The highest BCUT2D eigenvalue weighted by molar-refractivity contribution is 5.93. The normalized spacial score (nSPS) is 15.3. The van der Waals surface area contributed by atoms with Crippen molar-refractivity contribution < 1.29 is 14.0 Å². The topological polar surface area (TPSA) is 58.4 Å². The van der Waals surface area contributed by atoms with Crippen LogP contribution in [0.3, 0.4) is 0 Å². The summed E-state index contributed by atoms with van der Waals surface area (Å²) in [6.45, 7) is 6.03. The standard InChI is InChI=1S/C19H23FN4O2/c1-3-24-17(11-14(2)21-24)19(26)22-8-7-18(25)23(10-9-22)13-15-5-4-6-16(20)12-15/h4-6,11-12H,3,7-10,13H2,1-2H3. The maximum atomic E-state index is 13.4. The summed E-state index contributed by atoms with van der Waals surface area (Å²) in [7, 11) is 0. The zero-order valence-corrected chi connectivity index (χ0v) is 15.1. The summed E-state index contributed by atoms with van der Waals surface area (Å²) in [5, 5.41) is 4.32. The predicted molar refractivity (Wildman–Crippen MR) is 95.0 cm³/mol. The average molecular weight is 358 g/mol. The highest BCUT2D eigenvalue weighted by atomic mass is 19.1. The number of carbonyl (C=O) groups excluding carboxylic acids is 2. The largest absolute Gasteiger partial charge is 0.337 e. The second kappa shape index (κ2) is 7.68. The van der Waals surface area contributed by atoms with Gasteiger partial charge < -0.3 is 9.80 Å². The van der Waals surface area contributed by atoms with Crippen molar-refractivity contribution >= 4 is 11.8 Å². The summed E-state index contributed by atoms with van der Waals surface area (Å²) < 4.78 is 15.1. The number of benzene rings is 1. The number of hydrogen-bond donors (Lipinski definition) is 0. The van der Waals surface area contributed by atoms with Crippen molar-refractivity contribution in [1.29, 1.82) is 0 Å². The van der Waals surface area contributed by atoms with E-state index in [1.54, 1.807) is 32.7 Å². The van der Waals surface area contributed by atoms with Gasteiger partial charge in [-0.05, 0) is 37.6 Å². The van der Waals surface area contributed by atoms with Crippen LogP contribution < -0.4 is 0 Å². The molecule has 0 saturated carbocycles. The lowest BCUT2D eigenvalue weighted by atomic mass is 10.2. The molecule has 0 aliphatic carbocycles. The van der Waals surface area contributed by atoms with Crippen molar-refractivity contribution in [2.75, 3.05) is 19.6 Å². The minimum absolute atomic E-state index is 0.0234.